The molecular weight excluding hydrogens is 462 g/mol. The zero-order valence-electron chi connectivity index (χ0n) is 21.4. The van der Waals surface area contributed by atoms with Crippen molar-refractivity contribution in [1.82, 2.24) is 4.90 Å². The topological polar surface area (TPSA) is 121 Å². The second-order valence-corrected chi connectivity index (χ2v) is 12.4. The molecule has 5 aliphatic rings. The summed E-state index contributed by atoms with van der Waals surface area (Å²) in [5, 5.41) is 19.1. The second kappa shape index (κ2) is 9.26. The molecule has 4 fully saturated rings. The number of hydrogen-bond acceptors (Lipinski definition) is 6. The molecule has 2 N–H and O–H groups in total. The summed E-state index contributed by atoms with van der Waals surface area (Å²) in [6, 6.07) is -1.04. The lowest BCUT2D eigenvalue weighted by atomic mass is 9.47. The standard InChI is InChI=1S/C28H39NO7/c1-27-11-9-17(30)13-16(27)3-4-19-20-5-6-23(28(20,2)12-10-21(19)27)36-25(33)8-7-24(32)29-15-18(31)14-22(29)26(34)35/h13,18-23,31H,3-12,14-15H2,1-2H3,(H,34,35)/t18-,19+,20+,21-,22-,23+,27+,28+/m1/s1. The Morgan fingerprint density at radius 3 is 2.58 bits per heavy atom. The predicted octanol–water partition coefficient (Wildman–Crippen LogP) is 3.26. The Kier molecular flexibility index (Phi) is 6.54. The van der Waals surface area contributed by atoms with Crippen molar-refractivity contribution < 1.29 is 34.1 Å². The summed E-state index contributed by atoms with van der Waals surface area (Å²) in [6.07, 6.45) is 8.37. The maximum absolute atomic E-state index is 12.8. The number of β-amino-alcohol motifs (C(OH)–C–C–N with tert-alkyl or cyclic N) is 1. The molecule has 1 saturated heterocycles. The highest BCUT2D eigenvalue weighted by Crippen LogP contribution is 2.65. The van der Waals surface area contributed by atoms with E-state index in [1.165, 1.54) is 10.5 Å². The van der Waals surface area contributed by atoms with E-state index in [9.17, 15) is 29.4 Å². The van der Waals surface area contributed by atoms with Crippen LogP contribution in [0.25, 0.3) is 0 Å². The molecule has 3 saturated carbocycles. The highest BCUT2D eigenvalue weighted by molar-refractivity contribution is 5.91. The van der Waals surface area contributed by atoms with Crippen LogP contribution in [-0.2, 0) is 23.9 Å². The molecule has 0 aromatic heterocycles. The third-order valence-corrected chi connectivity index (χ3v) is 10.6. The molecule has 8 heteroatoms. The lowest BCUT2D eigenvalue weighted by Gasteiger charge is -2.57. The normalized spacial score (nSPS) is 41.7. The molecule has 5 rings (SSSR count). The molecule has 1 amide bonds. The summed E-state index contributed by atoms with van der Waals surface area (Å²) in [5.41, 5.74) is 1.39. The van der Waals surface area contributed by atoms with Gasteiger partial charge in [0.05, 0.1) is 12.5 Å². The van der Waals surface area contributed by atoms with E-state index in [-0.39, 0.29) is 48.5 Å². The van der Waals surface area contributed by atoms with Gasteiger partial charge in [0, 0.05) is 31.2 Å². The summed E-state index contributed by atoms with van der Waals surface area (Å²) in [6.45, 7) is 4.62. The molecule has 0 spiro atoms. The van der Waals surface area contributed by atoms with Crippen molar-refractivity contribution in [2.45, 2.75) is 103 Å². The monoisotopic (exact) mass is 501 g/mol. The highest BCUT2D eigenvalue weighted by Gasteiger charge is 2.60. The minimum atomic E-state index is -1.14. The number of fused-ring (bicyclic) bond motifs is 5. The summed E-state index contributed by atoms with van der Waals surface area (Å²) in [5.74, 6) is -0.0520. The number of ketones is 1. The van der Waals surface area contributed by atoms with Crippen molar-refractivity contribution in [3.63, 3.8) is 0 Å². The van der Waals surface area contributed by atoms with Crippen LogP contribution in [-0.4, -0.2) is 63.5 Å². The first kappa shape index (κ1) is 25.4. The number of rotatable bonds is 5. The Bertz CT molecular complexity index is 990. The van der Waals surface area contributed by atoms with Crippen molar-refractivity contribution in [1.29, 1.82) is 0 Å². The van der Waals surface area contributed by atoms with Crippen LogP contribution in [0.15, 0.2) is 11.6 Å². The number of ether oxygens (including phenoxy) is 1. The third kappa shape index (κ3) is 4.19. The van der Waals surface area contributed by atoms with Crippen molar-refractivity contribution in [2.75, 3.05) is 6.54 Å². The first-order chi connectivity index (χ1) is 17.0. The van der Waals surface area contributed by atoms with Gasteiger partial charge in [-0.05, 0) is 74.2 Å². The van der Waals surface area contributed by atoms with E-state index >= 15 is 0 Å². The SMILES string of the molecule is C[C@]12CC[C@@H]3[C@@H](CCC4=CC(=O)CC[C@@]43C)[C@@H]1CC[C@@H]2OC(=O)CCC(=O)N1C[C@H](O)C[C@@H]1C(=O)O. The summed E-state index contributed by atoms with van der Waals surface area (Å²) in [7, 11) is 0. The average molecular weight is 502 g/mol. The van der Waals surface area contributed by atoms with Gasteiger partial charge in [-0.15, -0.1) is 0 Å². The predicted molar refractivity (Wildman–Crippen MR) is 130 cm³/mol. The van der Waals surface area contributed by atoms with E-state index in [4.69, 9.17) is 4.74 Å². The number of likely N-dealkylation sites (tertiary alicyclic amines) is 1. The summed E-state index contributed by atoms with van der Waals surface area (Å²) >= 11 is 0. The molecule has 1 heterocycles. The van der Waals surface area contributed by atoms with Crippen LogP contribution in [0, 0.1) is 28.6 Å². The fraction of sp³-hybridized carbons (Fsp3) is 0.786. The number of amides is 1. The zero-order chi connectivity index (χ0) is 25.8. The van der Waals surface area contributed by atoms with E-state index in [1.54, 1.807) is 0 Å². The van der Waals surface area contributed by atoms with Crippen LogP contribution in [0.4, 0.5) is 0 Å². The Morgan fingerprint density at radius 2 is 1.83 bits per heavy atom. The van der Waals surface area contributed by atoms with Crippen LogP contribution in [0.2, 0.25) is 0 Å². The third-order valence-electron chi connectivity index (χ3n) is 10.6. The molecule has 4 aliphatic carbocycles. The molecule has 0 radical (unpaired) electrons. The molecule has 8 nitrogen and oxygen atoms in total. The van der Waals surface area contributed by atoms with Crippen molar-refractivity contribution in [3.05, 3.63) is 11.6 Å². The van der Waals surface area contributed by atoms with Crippen LogP contribution < -0.4 is 0 Å². The van der Waals surface area contributed by atoms with Gasteiger partial charge in [-0.3, -0.25) is 14.4 Å². The van der Waals surface area contributed by atoms with Gasteiger partial charge in [0.1, 0.15) is 12.1 Å². The zero-order valence-corrected chi connectivity index (χ0v) is 21.4. The molecule has 0 aromatic carbocycles. The fourth-order valence-electron chi connectivity index (χ4n) is 8.60. The lowest BCUT2D eigenvalue weighted by molar-refractivity contribution is -0.161. The van der Waals surface area contributed by atoms with Gasteiger partial charge in [0.15, 0.2) is 5.78 Å². The number of aliphatic hydroxyl groups is 1. The first-order valence-electron chi connectivity index (χ1n) is 13.7. The quantitative estimate of drug-likeness (QED) is 0.555. The van der Waals surface area contributed by atoms with Crippen molar-refractivity contribution in [3.8, 4) is 0 Å². The number of allylic oxidation sites excluding steroid dienone is 1. The van der Waals surface area contributed by atoms with Gasteiger partial charge in [-0.2, -0.15) is 0 Å². The number of aliphatic carboxylic acids is 1. The number of esters is 1. The number of aliphatic hydroxyl groups excluding tert-OH is 1. The lowest BCUT2D eigenvalue weighted by Crippen LogP contribution is -2.51. The molecule has 8 atom stereocenters. The largest absolute Gasteiger partial charge is 0.480 e. The summed E-state index contributed by atoms with van der Waals surface area (Å²) < 4.78 is 5.99. The molecule has 0 unspecified atom stereocenters. The van der Waals surface area contributed by atoms with E-state index in [0.29, 0.717) is 24.2 Å². The fourth-order valence-corrected chi connectivity index (χ4v) is 8.60. The minimum Gasteiger partial charge on any atom is -0.480 e. The van der Waals surface area contributed by atoms with Gasteiger partial charge in [-0.25, -0.2) is 4.79 Å². The van der Waals surface area contributed by atoms with Crippen LogP contribution in [0.1, 0.15) is 84.5 Å². The number of hydrogen-bond donors (Lipinski definition) is 2. The molecule has 36 heavy (non-hydrogen) atoms. The summed E-state index contributed by atoms with van der Waals surface area (Å²) in [4.78, 5) is 50.0. The van der Waals surface area contributed by atoms with Gasteiger partial charge in [0.25, 0.3) is 0 Å². The van der Waals surface area contributed by atoms with Gasteiger partial charge >= 0.3 is 11.9 Å². The Balaban J connectivity index is 1.19. The van der Waals surface area contributed by atoms with Crippen LogP contribution in [0.5, 0.6) is 0 Å². The van der Waals surface area contributed by atoms with Gasteiger partial charge < -0.3 is 19.8 Å². The average Bonchev–Trinajstić information content (AvgIpc) is 3.38. The van der Waals surface area contributed by atoms with E-state index in [0.717, 1.165) is 44.9 Å². The highest BCUT2D eigenvalue weighted by atomic mass is 16.5. The molecule has 1 aliphatic heterocycles. The van der Waals surface area contributed by atoms with E-state index in [1.807, 2.05) is 6.08 Å². The van der Waals surface area contributed by atoms with Crippen LogP contribution >= 0.6 is 0 Å². The van der Waals surface area contributed by atoms with E-state index < -0.39 is 30.0 Å². The Labute approximate surface area is 212 Å². The second-order valence-electron chi connectivity index (χ2n) is 12.4. The minimum absolute atomic E-state index is 0.0141. The van der Waals surface area contributed by atoms with Gasteiger partial charge in [-0.1, -0.05) is 19.4 Å². The van der Waals surface area contributed by atoms with Crippen molar-refractivity contribution >= 4 is 23.6 Å². The van der Waals surface area contributed by atoms with Crippen molar-refractivity contribution in [2.24, 2.45) is 28.6 Å². The first-order valence-corrected chi connectivity index (χ1v) is 13.7. The Hall–Kier alpha value is -2.22. The maximum Gasteiger partial charge on any atom is 0.326 e. The molecule has 198 valence electrons. The number of carboxylic acid groups (broad SMARTS) is 1. The van der Waals surface area contributed by atoms with Gasteiger partial charge in [0.2, 0.25) is 5.91 Å². The number of carbonyl (C=O) groups is 4. The number of carbonyl (C=O) groups excluding carboxylic acids is 3. The molecule has 0 bridgehead atoms. The van der Waals surface area contributed by atoms with Crippen LogP contribution in [0.3, 0.4) is 0 Å². The number of carboxylic acids is 1. The maximum atomic E-state index is 12.8. The number of nitrogens with zero attached hydrogens (tertiary/aromatic N) is 1. The Morgan fingerprint density at radius 1 is 1.06 bits per heavy atom. The van der Waals surface area contributed by atoms with E-state index in [2.05, 4.69) is 13.8 Å². The molecule has 0 aromatic rings. The smallest absolute Gasteiger partial charge is 0.326 e. The molecular formula is C28H39NO7.